The van der Waals surface area contributed by atoms with E-state index in [1.807, 2.05) is 0 Å². The Bertz CT molecular complexity index is 643. The molecule has 0 bridgehead atoms. The van der Waals surface area contributed by atoms with Crippen molar-refractivity contribution in [1.29, 1.82) is 0 Å². The van der Waals surface area contributed by atoms with Gasteiger partial charge in [-0.25, -0.2) is 8.78 Å². The molecule has 1 aromatic heterocycles. The monoisotopic (exact) mass is 294 g/mol. The van der Waals surface area contributed by atoms with Gasteiger partial charge in [-0.15, -0.1) is 0 Å². The molecule has 1 aliphatic heterocycles. The van der Waals surface area contributed by atoms with Gasteiger partial charge in [-0.1, -0.05) is 5.16 Å². The fraction of sp³-hybridized carbons (Fsp3) is 0.400. The number of hydrogen-bond donors (Lipinski definition) is 1. The summed E-state index contributed by atoms with van der Waals surface area (Å²) in [6.45, 7) is 2.44. The molecule has 0 atom stereocenters. The molecule has 0 radical (unpaired) electrons. The summed E-state index contributed by atoms with van der Waals surface area (Å²) in [5.41, 5.74) is 2.01. The molecule has 3 rings (SSSR count). The van der Waals surface area contributed by atoms with Gasteiger partial charge in [0.1, 0.15) is 11.5 Å². The van der Waals surface area contributed by atoms with Gasteiger partial charge in [0, 0.05) is 43.8 Å². The van der Waals surface area contributed by atoms with Crippen molar-refractivity contribution < 1.29 is 18.4 Å². The van der Waals surface area contributed by atoms with Crippen molar-refractivity contribution in [2.24, 2.45) is 0 Å². The molecular formula is C15H16F2N2O2. The molecule has 2 aromatic rings. The van der Waals surface area contributed by atoms with E-state index < -0.39 is 11.6 Å². The van der Waals surface area contributed by atoms with Crippen molar-refractivity contribution >= 4 is 0 Å². The van der Waals surface area contributed by atoms with Crippen molar-refractivity contribution in [2.45, 2.75) is 19.4 Å². The Labute approximate surface area is 121 Å². The van der Waals surface area contributed by atoms with E-state index >= 15 is 0 Å². The zero-order valence-corrected chi connectivity index (χ0v) is 11.5. The molecule has 21 heavy (non-hydrogen) atoms. The van der Waals surface area contributed by atoms with E-state index in [1.54, 1.807) is 0 Å². The molecule has 0 saturated heterocycles. The van der Waals surface area contributed by atoms with Gasteiger partial charge in [-0.2, -0.15) is 0 Å². The van der Waals surface area contributed by atoms with Gasteiger partial charge in [0.25, 0.3) is 0 Å². The molecule has 6 heteroatoms. The Morgan fingerprint density at radius 3 is 2.90 bits per heavy atom. The number of aliphatic hydroxyl groups excluding tert-OH is 1. The summed E-state index contributed by atoms with van der Waals surface area (Å²) < 4.78 is 31.7. The highest BCUT2D eigenvalue weighted by Gasteiger charge is 2.25. The number of nitrogens with zero attached hydrogens (tertiary/aromatic N) is 2. The van der Waals surface area contributed by atoms with E-state index in [0.29, 0.717) is 24.2 Å². The number of benzene rings is 1. The van der Waals surface area contributed by atoms with Crippen molar-refractivity contribution in [3.05, 3.63) is 41.2 Å². The molecule has 0 spiro atoms. The van der Waals surface area contributed by atoms with E-state index in [0.717, 1.165) is 43.0 Å². The predicted molar refractivity (Wildman–Crippen MR) is 72.5 cm³/mol. The minimum Gasteiger partial charge on any atom is -0.396 e. The summed E-state index contributed by atoms with van der Waals surface area (Å²) >= 11 is 0. The molecule has 0 unspecified atom stereocenters. The maximum absolute atomic E-state index is 13.4. The van der Waals surface area contributed by atoms with Crippen molar-refractivity contribution in [1.82, 2.24) is 10.1 Å². The lowest BCUT2D eigenvalue weighted by atomic mass is 10.0. The number of aliphatic hydroxyl groups is 1. The summed E-state index contributed by atoms with van der Waals surface area (Å²) in [5.74, 6) is -0.965. The Balaban J connectivity index is 1.88. The number of halogens is 2. The second-order valence-corrected chi connectivity index (χ2v) is 5.17. The minimum atomic E-state index is -0.891. The maximum Gasteiger partial charge on any atom is 0.159 e. The van der Waals surface area contributed by atoms with Gasteiger partial charge in [-0.3, -0.25) is 4.90 Å². The van der Waals surface area contributed by atoms with E-state index in [9.17, 15) is 8.78 Å². The van der Waals surface area contributed by atoms with E-state index in [-0.39, 0.29) is 6.61 Å². The third-order valence-electron chi connectivity index (χ3n) is 3.73. The molecule has 112 valence electrons. The largest absolute Gasteiger partial charge is 0.396 e. The Hall–Kier alpha value is -1.79. The van der Waals surface area contributed by atoms with Crippen molar-refractivity contribution in [2.75, 3.05) is 19.7 Å². The second kappa shape index (κ2) is 5.91. The van der Waals surface area contributed by atoms with Crippen LogP contribution in [0.25, 0.3) is 11.3 Å². The second-order valence-electron chi connectivity index (χ2n) is 5.17. The van der Waals surface area contributed by atoms with E-state index in [4.69, 9.17) is 9.63 Å². The van der Waals surface area contributed by atoms with Crippen LogP contribution in [0.2, 0.25) is 0 Å². The Morgan fingerprint density at radius 2 is 2.14 bits per heavy atom. The average Bonchev–Trinajstić information content (AvgIpc) is 2.91. The normalized spacial score (nSPS) is 15.2. The quantitative estimate of drug-likeness (QED) is 0.940. The maximum atomic E-state index is 13.4. The summed E-state index contributed by atoms with van der Waals surface area (Å²) in [4.78, 5) is 2.19. The smallest absolute Gasteiger partial charge is 0.159 e. The van der Waals surface area contributed by atoms with Crippen LogP contribution in [0.4, 0.5) is 8.78 Å². The fourth-order valence-electron chi connectivity index (χ4n) is 2.62. The van der Waals surface area contributed by atoms with Crippen LogP contribution in [0.15, 0.2) is 22.7 Å². The van der Waals surface area contributed by atoms with Gasteiger partial charge in [-0.05, 0) is 24.6 Å². The fourth-order valence-corrected chi connectivity index (χ4v) is 2.62. The molecule has 1 aliphatic rings. The summed E-state index contributed by atoms with van der Waals surface area (Å²) in [6.07, 6.45) is 1.44. The van der Waals surface area contributed by atoms with Gasteiger partial charge in [0.15, 0.2) is 11.6 Å². The molecule has 1 N–H and O–H groups in total. The number of rotatable bonds is 4. The topological polar surface area (TPSA) is 49.5 Å². The third kappa shape index (κ3) is 2.82. The van der Waals surface area contributed by atoms with Crippen LogP contribution >= 0.6 is 0 Å². The summed E-state index contributed by atoms with van der Waals surface area (Å²) in [5, 5.41) is 12.9. The van der Waals surface area contributed by atoms with Crippen LogP contribution in [0.3, 0.4) is 0 Å². The highest BCUT2D eigenvalue weighted by molar-refractivity contribution is 5.63. The molecular weight excluding hydrogens is 278 g/mol. The first-order chi connectivity index (χ1) is 10.2. The molecule has 0 fully saturated rings. The lowest BCUT2D eigenvalue weighted by molar-refractivity contribution is 0.204. The zero-order chi connectivity index (χ0) is 14.8. The molecule has 2 heterocycles. The number of aromatic nitrogens is 1. The number of hydrogen-bond acceptors (Lipinski definition) is 4. The lowest BCUT2D eigenvalue weighted by Crippen LogP contribution is -2.31. The van der Waals surface area contributed by atoms with Gasteiger partial charge in [0.05, 0.1) is 0 Å². The van der Waals surface area contributed by atoms with Gasteiger partial charge < -0.3 is 9.63 Å². The SMILES string of the molecule is OCCCN1CCc2onc(-c3ccc(F)c(F)c3)c2C1. The van der Waals surface area contributed by atoms with Gasteiger partial charge >= 0.3 is 0 Å². The average molecular weight is 294 g/mol. The highest BCUT2D eigenvalue weighted by atomic mass is 19.2. The van der Waals surface area contributed by atoms with Crippen LogP contribution in [0.5, 0.6) is 0 Å². The Kier molecular flexibility index (Phi) is 3.98. The molecule has 0 aliphatic carbocycles. The summed E-state index contributed by atoms with van der Waals surface area (Å²) in [7, 11) is 0. The molecule has 0 amide bonds. The summed E-state index contributed by atoms with van der Waals surface area (Å²) in [6, 6.07) is 3.74. The van der Waals surface area contributed by atoms with Crippen molar-refractivity contribution in [3.8, 4) is 11.3 Å². The van der Waals surface area contributed by atoms with E-state index in [2.05, 4.69) is 10.1 Å². The first-order valence-corrected chi connectivity index (χ1v) is 6.95. The Morgan fingerprint density at radius 1 is 1.29 bits per heavy atom. The molecule has 0 saturated carbocycles. The first-order valence-electron chi connectivity index (χ1n) is 6.95. The molecule has 1 aromatic carbocycles. The lowest BCUT2D eigenvalue weighted by Gasteiger charge is -2.25. The third-order valence-corrected chi connectivity index (χ3v) is 3.73. The van der Waals surface area contributed by atoms with Crippen molar-refractivity contribution in [3.63, 3.8) is 0 Å². The van der Waals surface area contributed by atoms with Crippen LogP contribution in [-0.2, 0) is 13.0 Å². The van der Waals surface area contributed by atoms with E-state index in [1.165, 1.54) is 6.07 Å². The minimum absolute atomic E-state index is 0.156. The number of fused-ring (bicyclic) bond motifs is 1. The van der Waals surface area contributed by atoms with Crippen LogP contribution in [0.1, 0.15) is 17.7 Å². The highest BCUT2D eigenvalue weighted by Crippen LogP contribution is 2.30. The van der Waals surface area contributed by atoms with Gasteiger partial charge in [0.2, 0.25) is 0 Å². The van der Waals surface area contributed by atoms with Crippen LogP contribution in [0, 0.1) is 11.6 Å². The standard InChI is InChI=1S/C15H16F2N2O2/c16-12-3-2-10(8-13(12)17)15-11-9-19(5-1-7-20)6-4-14(11)21-18-15/h2-3,8,20H,1,4-7,9H2. The first kappa shape index (κ1) is 14.2. The molecule has 4 nitrogen and oxygen atoms in total. The van der Waals surface area contributed by atoms with Crippen LogP contribution < -0.4 is 0 Å². The zero-order valence-electron chi connectivity index (χ0n) is 11.5. The predicted octanol–water partition coefficient (Wildman–Crippen LogP) is 2.36. The van der Waals surface area contributed by atoms with Crippen LogP contribution in [-0.4, -0.2) is 34.9 Å².